The third-order valence-electron chi connectivity index (χ3n) is 5.31. The first-order valence-electron chi connectivity index (χ1n) is 11.0. The second-order valence-corrected chi connectivity index (χ2v) is 8.34. The lowest BCUT2D eigenvalue weighted by Gasteiger charge is -2.14. The number of alkyl halides is 3. The van der Waals surface area contributed by atoms with Crippen molar-refractivity contribution in [2.45, 2.75) is 13.1 Å². The molecule has 0 unspecified atom stereocenters. The molecular weight excluding hydrogens is 539 g/mol. The van der Waals surface area contributed by atoms with Gasteiger partial charge in [0.1, 0.15) is 5.69 Å². The van der Waals surface area contributed by atoms with Crippen LogP contribution in [0.4, 0.5) is 18.9 Å². The molecule has 2 amide bonds. The number of rotatable bonds is 6. The van der Waals surface area contributed by atoms with Gasteiger partial charge in [-0.2, -0.15) is 18.4 Å². The molecule has 0 saturated heterocycles. The van der Waals surface area contributed by atoms with E-state index in [0.717, 1.165) is 16.8 Å². The molecule has 0 aliphatic carbocycles. The standard InChI is InChI=1S/C25H17ClF3N7O3/c1-13-8-14(11-30)9-16(23(37)31-2)21(13)34-24(38)18-10-20(35-36(18)22-17(26)4-3-7-32-22)39-19-6-5-15(12-33-19)25(27,28)29/h3-10,12H,1-2H3,(H,31,37)(H,34,38). The number of aryl methyl sites for hydroxylation is 1. The minimum absolute atomic E-state index is 0.0507. The van der Waals surface area contributed by atoms with E-state index in [4.69, 9.17) is 16.3 Å². The van der Waals surface area contributed by atoms with Crippen LogP contribution in [-0.2, 0) is 6.18 Å². The smallest absolute Gasteiger partial charge is 0.417 e. The zero-order valence-corrected chi connectivity index (χ0v) is 20.9. The van der Waals surface area contributed by atoms with Crippen LogP contribution in [0.2, 0.25) is 5.02 Å². The fraction of sp³-hybridized carbons (Fsp3) is 0.120. The molecule has 10 nitrogen and oxygen atoms in total. The number of nitrogens with zero attached hydrogens (tertiary/aromatic N) is 5. The van der Waals surface area contributed by atoms with Gasteiger partial charge in [0.05, 0.1) is 33.5 Å². The third-order valence-corrected chi connectivity index (χ3v) is 5.60. The van der Waals surface area contributed by atoms with Gasteiger partial charge < -0.3 is 15.4 Å². The van der Waals surface area contributed by atoms with Gasteiger partial charge in [0.2, 0.25) is 11.8 Å². The molecule has 0 bridgehead atoms. The molecule has 0 spiro atoms. The highest BCUT2D eigenvalue weighted by molar-refractivity contribution is 6.32. The fourth-order valence-electron chi connectivity index (χ4n) is 3.49. The van der Waals surface area contributed by atoms with Gasteiger partial charge >= 0.3 is 6.18 Å². The van der Waals surface area contributed by atoms with E-state index >= 15 is 0 Å². The van der Waals surface area contributed by atoms with E-state index in [1.807, 2.05) is 6.07 Å². The number of benzene rings is 1. The number of carbonyl (C=O) groups is 2. The van der Waals surface area contributed by atoms with Crippen molar-refractivity contribution in [3.05, 3.63) is 87.8 Å². The van der Waals surface area contributed by atoms with Crippen LogP contribution < -0.4 is 15.4 Å². The molecule has 1 aromatic carbocycles. The van der Waals surface area contributed by atoms with Crippen molar-refractivity contribution in [3.63, 3.8) is 0 Å². The van der Waals surface area contributed by atoms with Crippen LogP contribution in [0.25, 0.3) is 5.82 Å². The average molecular weight is 556 g/mol. The number of nitrogens with one attached hydrogen (secondary N) is 2. The Morgan fingerprint density at radius 1 is 1.10 bits per heavy atom. The van der Waals surface area contributed by atoms with E-state index in [-0.39, 0.29) is 45.1 Å². The number of halogens is 4. The minimum atomic E-state index is -4.58. The van der Waals surface area contributed by atoms with Gasteiger partial charge in [-0.05, 0) is 42.8 Å². The van der Waals surface area contributed by atoms with Gasteiger partial charge in [0, 0.05) is 31.6 Å². The number of hydrogen-bond donors (Lipinski definition) is 2. The summed E-state index contributed by atoms with van der Waals surface area (Å²) in [5.41, 5.74) is -0.253. The maximum absolute atomic E-state index is 13.5. The summed E-state index contributed by atoms with van der Waals surface area (Å²) in [5, 5.41) is 18.7. The van der Waals surface area contributed by atoms with Gasteiger partial charge in [-0.25, -0.2) is 14.6 Å². The maximum Gasteiger partial charge on any atom is 0.417 e. The lowest BCUT2D eigenvalue weighted by Crippen LogP contribution is -2.24. The highest BCUT2D eigenvalue weighted by Gasteiger charge is 2.31. The second-order valence-electron chi connectivity index (χ2n) is 7.93. The Morgan fingerprint density at radius 3 is 2.49 bits per heavy atom. The number of anilines is 1. The number of amides is 2. The minimum Gasteiger partial charge on any atom is -0.419 e. The molecule has 0 fully saturated rings. The molecule has 198 valence electrons. The molecule has 0 atom stereocenters. The van der Waals surface area contributed by atoms with Crippen LogP contribution in [0, 0.1) is 18.3 Å². The van der Waals surface area contributed by atoms with Crippen LogP contribution in [0.3, 0.4) is 0 Å². The topological polar surface area (TPSA) is 135 Å². The molecule has 4 rings (SSSR count). The monoisotopic (exact) mass is 555 g/mol. The van der Waals surface area contributed by atoms with E-state index in [1.54, 1.807) is 13.0 Å². The van der Waals surface area contributed by atoms with Crippen molar-refractivity contribution in [3.8, 4) is 23.6 Å². The predicted molar refractivity (Wildman–Crippen MR) is 133 cm³/mol. The van der Waals surface area contributed by atoms with Gasteiger partial charge in [-0.1, -0.05) is 11.6 Å². The highest BCUT2D eigenvalue weighted by atomic mass is 35.5. The Kier molecular flexibility index (Phi) is 7.50. The molecule has 3 heterocycles. The number of pyridine rings is 2. The number of ether oxygens (including phenoxy) is 1. The first kappa shape index (κ1) is 27.1. The van der Waals surface area contributed by atoms with Gasteiger partial charge in [-0.3, -0.25) is 9.59 Å². The zero-order chi connectivity index (χ0) is 28.3. The third kappa shape index (κ3) is 5.81. The molecule has 14 heteroatoms. The Labute approximate surface area is 224 Å². The van der Waals surface area contributed by atoms with Crippen LogP contribution in [0.15, 0.2) is 54.9 Å². The number of aromatic nitrogens is 4. The van der Waals surface area contributed by atoms with Crippen molar-refractivity contribution in [1.29, 1.82) is 5.26 Å². The predicted octanol–water partition coefficient (Wildman–Crippen LogP) is 4.92. The summed E-state index contributed by atoms with van der Waals surface area (Å²) in [6.45, 7) is 1.61. The van der Waals surface area contributed by atoms with Crippen LogP contribution >= 0.6 is 11.6 Å². The maximum atomic E-state index is 13.5. The average Bonchev–Trinajstić information content (AvgIpc) is 3.32. The first-order valence-corrected chi connectivity index (χ1v) is 11.4. The molecule has 0 radical (unpaired) electrons. The van der Waals surface area contributed by atoms with Crippen molar-refractivity contribution in [2.24, 2.45) is 0 Å². The highest BCUT2D eigenvalue weighted by Crippen LogP contribution is 2.31. The van der Waals surface area contributed by atoms with Crippen LogP contribution in [-0.4, -0.2) is 38.6 Å². The lowest BCUT2D eigenvalue weighted by molar-refractivity contribution is -0.137. The summed E-state index contributed by atoms with van der Waals surface area (Å²) < 4.78 is 45.2. The molecular formula is C25H17ClF3N7O3. The van der Waals surface area contributed by atoms with E-state index in [1.165, 1.54) is 37.5 Å². The Morgan fingerprint density at radius 2 is 1.87 bits per heavy atom. The van der Waals surface area contributed by atoms with Crippen molar-refractivity contribution in [2.75, 3.05) is 12.4 Å². The van der Waals surface area contributed by atoms with E-state index in [9.17, 15) is 28.0 Å². The van der Waals surface area contributed by atoms with Gasteiger partial charge in [-0.15, -0.1) is 5.10 Å². The van der Waals surface area contributed by atoms with Crippen LogP contribution in [0.5, 0.6) is 11.8 Å². The summed E-state index contributed by atoms with van der Waals surface area (Å²) in [4.78, 5) is 33.8. The van der Waals surface area contributed by atoms with Crippen molar-refractivity contribution in [1.82, 2.24) is 25.1 Å². The number of hydrogen-bond acceptors (Lipinski definition) is 7. The summed E-state index contributed by atoms with van der Waals surface area (Å²) in [6.07, 6.45) is -2.56. The number of nitriles is 1. The Balaban J connectivity index is 1.75. The quantitative estimate of drug-likeness (QED) is 0.345. The summed E-state index contributed by atoms with van der Waals surface area (Å²) in [5.74, 6) is -1.64. The molecule has 2 N–H and O–H groups in total. The van der Waals surface area contributed by atoms with E-state index in [2.05, 4.69) is 25.7 Å². The fourth-order valence-corrected chi connectivity index (χ4v) is 3.69. The summed E-state index contributed by atoms with van der Waals surface area (Å²) in [6, 6.07) is 10.9. The summed E-state index contributed by atoms with van der Waals surface area (Å²) >= 11 is 6.27. The van der Waals surface area contributed by atoms with Gasteiger partial charge in [0.15, 0.2) is 5.82 Å². The second kappa shape index (κ2) is 10.8. The normalized spacial score (nSPS) is 11.0. The Hall–Kier alpha value is -4.96. The molecule has 4 aromatic rings. The molecule has 0 saturated carbocycles. The molecule has 0 aliphatic heterocycles. The zero-order valence-electron chi connectivity index (χ0n) is 20.2. The Bertz CT molecular complexity index is 1610. The number of carbonyl (C=O) groups excluding carboxylic acids is 2. The van der Waals surface area contributed by atoms with Crippen molar-refractivity contribution < 1.29 is 27.5 Å². The van der Waals surface area contributed by atoms with Crippen molar-refractivity contribution >= 4 is 29.1 Å². The molecule has 39 heavy (non-hydrogen) atoms. The molecule has 3 aromatic heterocycles. The van der Waals surface area contributed by atoms with Gasteiger partial charge in [0.25, 0.3) is 11.8 Å². The molecule has 0 aliphatic rings. The SMILES string of the molecule is CNC(=O)c1cc(C#N)cc(C)c1NC(=O)c1cc(Oc2ccc(C(F)(F)F)cn2)nn1-c1ncccc1Cl. The largest absolute Gasteiger partial charge is 0.419 e. The van der Waals surface area contributed by atoms with Crippen LogP contribution in [0.1, 0.15) is 37.5 Å². The first-order chi connectivity index (χ1) is 18.5. The lowest BCUT2D eigenvalue weighted by atomic mass is 10.0. The van der Waals surface area contributed by atoms with E-state index in [0.29, 0.717) is 11.8 Å². The summed E-state index contributed by atoms with van der Waals surface area (Å²) in [7, 11) is 1.40. The van der Waals surface area contributed by atoms with E-state index < -0.39 is 23.6 Å².